The lowest BCUT2D eigenvalue weighted by Crippen LogP contribution is -2.37. The molecule has 30 heavy (non-hydrogen) atoms. The van der Waals surface area contributed by atoms with Crippen LogP contribution in [0.1, 0.15) is 12.0 Å². The monoisotopic (exact) mass is 469 g/mol. The Labute approximate surface area is 183 Å². The fraction of sp³-hybridized carbons (Fsp3) is 0.304. The van der Waals surface area contributed by atoms with E-state index in [9.17, 15) is 9.90 Å². The molecular weight excluding hydrogens is 446 g/mol. The molecule has 1 aromatic heterocycles. The molecule has 1 aliphatic heterocycles. The van der Waals surface area contributed by atoms with Crippen LogP contribution in [0.4, 0.5) is 0 Å². The maximum absolute atomic E-state index is 13.1. The van der Waals surface area contributed by atoms with Crippen LogP contribution < -0.4 is 5.56 Å². The molecule has 0 unspecified atom stereocenters. The van der Waals surface area contributed by atoms with Gasteiger partial charge in [0.25, 0.3) is 5.56 Å². The summed E-state index contributed by atoms with van der Waals surface area (Å²) in [5.74, 6) is -0.0991. The van der Waals surface area contributed by atoms with Crippen LogP contribution in [0.15, 0.2) is 62.8 Å². The van der Waals surface area contributed by atoms with E-state index < -0.39 is 0 Å². The number of aromatic nitrogens is 1. The summed E-state index contributed by atoms with van der Waals surface area (Å²) in [5, 5.41) is 12.2. The molecule has 0 atom stereocenters. The molecule has 6 nitrogen and oxygen atoms in total. The van der Waals surface area contributed by atoms with Crippen molar-refractivity contribution in [2.45, 2.75) is 6.42 Å². The highest BCUT2D eigenvalue weighted by Gasteiger charge is 2.16. The number of benzene rings is 2. The van der Waals surface area contributed by atoms with Gasteiger partial charge in [-0.1, -0.05) is 34.1 Å². The minimum absolute atomic E-state index is 0.0991. The molecule has 0 amide bonds. The molecule has 1 N–H and O–H groups in total. The van der Waals surface area contributed by atoms with Gasteiger partial charge in [0.05, 0.1) is 24.5 Å². The van der Waals surface area contributed by atoms with Crippen LogP contribution in [0.3, 0.4) is 0 Å². The standard InChI is InChI=1S/C23H24BrN3O3/c24-17-6-8-18(9-7-17)27-22(28)20-5-2-1-4-19(20)21(23(27)29)16-25-10-3-11-26-12-14-30-15-13-26/h1-2,4-9,16,29H,3,10-15H2. The quantitative estimate of drug-likeness (QED) is 0.442. The van der Waals surface area contributed by atoms with E-state index in [1.807, 2.05) is 30.3 Å². The first-order chi connectivity index (χ1) is 14.6. The van der Waals surface area contributed by atoms with Crippen LogP contribution in [-0.2, 0) is 4.74 Å². The average molecular weight is 470 g/mol. The minimum Gasteiger partial charge on any atom is -0.494 e. The van der Waals surface area contributed by atoms with E-state index in [2.05, 4.69) is 25.8 Å². The number of aliphatic imine (C=N–C) groups is 1. The van der Waals surface area contributed by atoms with Gasteiger partial charge in [-0.2, -0.15) is 0 Å². The van der Waals surface area contributed by atoms with Crippen molar-refractivity contribution >= 4 is 32.9 Å². The van der Waals surface area contributed by atoms with Gasteiger partial charge in [0, 0.05) is 47.6 Å². The summed E-state index contributed by atoms with van der Waals surface area (Å²) in [6.45, 7) is 5.15. The van der Waals surface area contributed by atoms with Gasteiger partial charge in [-0.25, -0.2) is 4.57 Å². The smallest absolute Gasteiger partial charge is 0.265 e. The van der Waals surface area contributed by atoms with Gasteiger partial charge in [0.15, 0.2) is 0 Å². The highest BCUT2D eigenvalue weighted by molar-refractivity contribution is 9.10. The number of morpholine rings is 1. The van der Waals surface area contributed by atoms with Crippen LogP contribution in [0, 0.1) is 0 Å². The molecule has 0 spiro atoms. The van der Waals surface area contributed by atoms with Crippen molar-refractivity contribution in [1.29, 1.82) is 0 Å². The zero-order valence-electron chi connectivity index (χ0n) is 16.6. The van der Waals surface area contributed by atoms with E-state index in [-0.39, 0.29) is 11.4 Å². The third-order valence-corrected chi connectivity index (χ3v) is 5.80. The molecule has 4 rings (SSSR count). The predicted molar refractivity (Wildman–Crippen MR) is 123 cm³/mol. The molecule has 3 aromatic rings. The van der Waals surface area contributed by atoms with E-state index in [0.717, 1.165) is 43.7 Å². The molecule has 0 aliphatic carbocycles. The second-order valence-electron chi connectivity index (χ2n) is 7.24. The van der Waals surface area contributed by atoms with Crippen LogP contribution in [0.2, 0.25) is 0 Å². The molecule has 0 saturated carbocycles. The fourth-order valence-electron chi connectivity index (χ4n) is 3.69. The Morgan fingerprint density at radius 2 is 1.77 bits per heavy atom. The van der Waals surface area contributed by atoms with Crippen LogP contribution in [0.25, 0.3) is 16.5 Å². The normalized spacial score (nSPS) is 15.2. The topological polar surface area (TPSA) is 67.1 Å². The number of pyridine rings is 1. The van der Waals surface area contributed by atoms with Gasteiger partial charge in [-0.15, -0.1) is 0 Å². The Hall–Kier alpha value is -2.48. The highest BCUT2D eigenvalue weighted by atomic mass is 79.9. The van der Waals surface area contributed by atoms with Crippen molar-refractivity contribution in [3.05, 3.63) is 68.9 Å². The third-order valence-electron chi connectivity index (χ3n) is 5.27. The Kier molecular flexibility index (Phi) is 6.62. The molecule has 1 aliphatic rings. The van der Waals surface area contributed by atoms with Crippen LogP contribution in [-0.4, -0.2) is 60.2 Å². The van der Waals surface area contributed by atoms with Crippen molar-refractivity contribution in [3.8, 4) is 11.6 Å². The number of hydrogen-bond acceptors (Lipinski definition) is 5. The minimum atomic E-state index is -0.255. The van der Waals surface area contributed by atoms with E-state index in [0.29, 0.717) is 28.6 Å². The maximum atomic E-state index is 13.1. The predicted octanol–water partition coefficient (Wildman–Crippen LogP) is 3.60. The Balaban J connectivity index is 1.63. The summed E-state index contributed by atoms with van der Waals surface area (Å²) in [5.41, 5.74) is 0.905. The summed E-state index contributed by atoms with van der Waals surface area (Å²) in [6.07, 6.45) is 2.62. The van der Waals surface area contributed by atoms with Gasteiger partial charge in [-0.3, -0.25) is 14.7 Å². The molecule has 2 heterocycles. The molecule has 7 heteroatoms. The molecule has 2 aromatic carbocycles. The molecule has 1 fully saturated rings. The number of rotatable bonds is 6. The maximum Gasteiger partial charge on any atom is 0.265 e. The molecule has 0 radical (unpaired) electrons. The second-order valence-corrected chi connectivity index (χ2v) is 8.16. The number of ether oxygens (including phenoxy) is 1. The van der Waals surface area contributed by atoms with Crippen LogP contribution >= 0.6 is 15.9 Å². The lowest BCUT2D eigenvalue weighted by Gasteiger charge is -2.26. The lowest BCUT2D eigenvalue weighted by atomic mass is 10.1. The van der Waals surface area contributed by atoms with E-state index >= 15 is 0 Å². The van der Waals surface area contributed by atoms with E-state index in [1.54, 1.807) is 24.4 Å². The van der Waals surface area contributed by atoms with Crippen molar-refractivity contribution < 1.29 is 9.84 Å². The third kappa shape index (κ3) is 4.48. The summed E-state index contributed by atoms with van der Waals surface area (Å²) in [6, 6.07) is 14.6. The first-order valence-electron chi connectivity index (χ1n) is 10.1. The Bertz CT molecular complexity index is 1100. The first-order valence-corrected chi connectivity index (χ1v) is 10.9. The average Bonchev–Trinajstić information content (AvgIpc) is 2.77. The SMILES string of the molecule is O=c1c2ccccc2c(C=NCCCN2CCOCC2)c(O)n1-c1ccc(Br)cc1. The Morgan fingerprint density at radius 1 is 1.07 bits per heavy atom. The Morgan fingerprint density at radius 3 is 2.50 bits per heavy atom. The molecule has 1 saturated heterocycles. The molecular formula is C23H24BrN3O3. The van der Waals surface area contributed by atoms with E-state index in [4.69, 9.17) is 4.74 Å². The van der Waals surface area contributed by atoms with E-state index in [1.165, 1.54) is 4.57 Å². The summed E-state index contributed by atoms with van der Waals surface area (Å²) < 4.78 is 7.61. The zero-order chi connectivity index (χ0) is 20.9. The number of nitrogens with zero attached hydrogens (tertiary/aromatic N) is 3. The van der Waals surface area contributed by atoms with Crippen molar-refractivity contribution in [3.63, 3.8) is 0 Å². The van der Waals surface area contributed by atoms with Gasteiger partial charge < -0.3 is 9.84 Å². The number of hydrogen-bond donors (Lipinski definition) is 1. The fourth-order valence-corrected chi connectivity index (χ4v) is 3.95. The molecule has 0 bridgehead atoms. The lowest BCUT2D eigenvalue weighted by molar-refractivity contribution is 0.0377. The number of aromatic hydroxyl groups is 1. The number of fused-ring (bicyclic) bond motifs is 1. The van der Waals surface area contributed by atoms with Gasteiger partial charge >= 0.3 is 0 Å². The number of halogens is 1. The van der Waals surface area contributed by atoms with Gasteiger partial charge in [0.1, 0.15) is 0 Å². The van der Waals surface area contributed by atoms with Crippen molar-refractivity contribution in [2.75, 3.05) is 39.4 Å². The summed E-state index contributed by atoms with van der Waals surface area (Å²) >= 11 is 3.41. The largest absolute Gasteiger partial charge is 0.494 e. The van der Waals surface area contributed by atoms with Crippen LogP contribution in [0.5, 0.6) is 5.88 Å². The second kappa shape index (κ2) is 9.55. The molecule has 156 valence electrons. The first kappa shape index (κ1) is 20.8. The van der Waals surface area contributed by atoms with Crippen molar-refractivity contribution in [1.82, 2.24) is 9.47 Å². The summed E-state index contributed by atoms with van der Waals surface area (Å²) in [4.78, 5) is 20.0. The van der Waals surface area contributed by atoms with Gasteiger partial charge in [-0.05, 0) is 36.8 Å². The zero-order valence-corrected chi connectivity index (χ0v) is 18.2. The summed E-state index contributed by atoms with van der Waals surface area (Å²) in [7, 11) is 0. The highest BCUT2D eigenvalue weighted by Crippen LogP contribution is 2.26. The van der Waals surface area contributed by atoms with Crippen molar-refractivity contribution in [2.24, 2.45) is 4.99 Å². The van der Waals surface area contributed by atoms with Gasteiger partial charge in [0.2, 0.25) is 5.88 Å².